The van der Waals surface area contributed by atoms with Crippen LogP contribution in [0.15, 0.2) is 0 Å². The summed E-state index contributed by atoms with van der Waals surface area (Å²) in [6.45, 7) is 10.2. The Morgan fingerprint density at radius 3 is 2.11 bits per heavy atom. The molecule has 0 spiro atoms. The molecule has 0 unspecified atom stereocenters. The van der Waals surface area contributed by atoms with Gasteiger partial charge in [0.05, 0.1) is 11.5 Å². The lowest BCUT2D eigenvalue weighted by Crippen LogP contribution is -2.52. The van der Waals surface area contributed by atoms with E-state index in [1.54, 1.807) is 0 Å². The molecule has 0 N–H and O–H groups in total. The molecule has 0 saturated carbocycles. The highest BCUT2D eigenvalue weighted by Gasteiger charge is 2.29. The normalized spacial score (nSPS) is 27.7. The van der Waals surface area contributed by atoms with Crippen molar-refractivity contribution in [2.75, 3.05) is 44.2 Å². The van der Waals surface area contributed by atoms with E-state index in [-0.39, 0.29) is 0 Å². The smallest absolute Gasteiger partial charge is 0.150 e. The van der Waals surface area contributed by atoms with Crippen LogP contribution in [0.3, 0.4) is 0 Å². The molecule has 0 radical (unpaired) electrons. The average molecular weight is 274 g/mol. The fourth-order valence-electron chi connectivity index (χ4n) is 3.07. The number of rotatable bonds is 3. The molecule has 2 rings (SSSR count). The maximum atomic E-state index is 11.4. The topological polar surface area (TPSA) is 40.6 Å². The van der Waals surface area contributed by atoms with E-state index in [0.717, 1.165) is 44.9 Å². The summed E-state index contributed by atoms with van der Waals surface area (Å²) in [5.74, 6) is 1.52. The van der Waals surface area contributed by atoms with Crippen LogP contribution in [0.25, 0.3) is 0 Å². The molecule has 5 heteroatoms. The molecule has 0 aromatic heterocycles. The lowest BCUT2D eigenvalue weighted by Gasteiger charge is -2.41. The predicted molar refractivity (Wildman–Crippen MR) is 74.5 cm³/mol. The third-order valence-corrected chi connectivity index (χ3v) is 5.79. The molecule has 0 bridgehead atoms. The minimum Gasteiger partial charge on any atom is -0.301 e. The summed E-state index contributed by atoms with van der Waals surface area (Å²) >= 11 is 0. The van der Waals surface area contributed by atoms with Crippen molar-refractivity contribution in [3.63, 3.8) is 0 Å². The fourth-order valence-corrected chi connectivity index (χ4v) is 4.54. The number of piperazine rings is 1. The van der Waals surface area contributed by atoms with Crippen LogP contribution in [0.1, 0.15) is 26.7 Å². The number of sulfone groups is 1. The molecule has 2 aliphatic heterocycles. The van der Waals surface area contributed by atoms with E-state index in [2.05, 4.69) is 23.6 Å². The van der Waals surface area contributed by atoms with Gasteiger partial charge in [-0.2, -0.15) is 0 Å². The Balaban J connectivity index is 1.77. The molecule has 0 aromatic carbocycles. The van der Waals surface area contributed by atoms with Crippen LogP contribution in [0.2, 0.25) is 0 Å². The molecule has 0 amide bonds. The molecule has 2 aliphatic rings. The van der Waals surface area contributed by atoms with Gasteiger partial charge in [0.15, 0.2) is 0 Å². The SMILES string of the molecule is CC(C)CN1CCN(C2CCS(=O)(=O)CC2)CC1. The first-order valence-corrected chi connectivity index (χ1v) is 8.95. The van der Waals surface area contributed by atoms with Gasteiger partial charge in [-0.1, -0.05) is 13.8 Å². The molecule has 0 atom stereocenters. The van der Waals surface area contributed by atoms with Gasteiger partial charge < -0.3 is 4.90 Å². The number of hydrogen-bond acceptors (Lipinski definition) is 4. The van der Waals surface area contributed by atoms with Gasteiger partial charge in [0, 0.05) is 38.8 Å². The minimum absolute atomic E-state index is 0.393. The van der Waals surface area contributed by atoms with Gasteiger partial charge in [0.1, 0.15) is 9.84 Å². The highest BCUT2D eigenvalue weighted by atomic mass is 32.2. The predicted octanol–water partition coefficient (Wildman–Crippen LogP) is 0.837. The van der Waals surface area contributed by atoms with Crippen molar-refractivity contribution in [3.05, 3.63) is 0 Å². The Morgan fingerprint density at radius 2 is 1.61 bits per heavy atom. The zero-order chi connectivity index (χ0) is 13.2. The Labute approximate surface area is 111 Å². The quantitative estimate of drug-likeness (QED) is 0.764. The van der Waals surface area contributed by atoms with E-state index in [4.69, 9.17) is 0 Å². The fraction of sp³-hybridized carbons (Fsp3) is 1.00. The Bertz CT molecular complexity index is 345. The lowest BCUT2D eigenvalue weighted by molar-refractivity contribution is 0.0847. The molecular formula is C13H26N2O2S. The molecular weight excluding hydrogens is 248 g/mol. The second-order valence-electron chi connectivity index (χ2n) is 6.11. The van der Waals surface area contributed by atoms with Crippen LogP contribution in [-0.4, -0.2) is 68.5 Å². The van der Waals surface area contributed by atoms with Gasteiger partial charge >= 0.3 is 0 Å². The summed E-state index contributed by atoms with van der Waals surface area (Å²) in [6, 6.07) is 0.509. The van der Waals surface area contributed by atoms with Crippen molar-refractivity contribution >= 4 is 9.84 Å². The van der Waals surface area contributed by atoms with Crippen LogP contribution in [-0.2, 0) is 9.84 Å². The van der Waals surface area contributed by atoms with Gasteiger partial charge in [-0.3, -0.25) is 4.90 Å². The molecule has 2 heterocycles. The maximum Gasteiger partial charge on any atom is 0.150 e. The van der Waals surface area contributed by atoms with Crippen LogP contribution < -0.4 is 0 Å². The molecule has 18 heavy (non-hydrogen) atoms. The van der Waals surface area contributed by atoms with E-state index in [1.807, 2.05) is 0 Å². The van der Waals surface area contributed by atoms with Crippen molar-refractivity contribution in [2.45, 2.75) is 32.7 Å². The van der Waals surface area contributed by atoms with Crippen molar-refractivity contribution < 1.29 is 8.42 Å². The largest absolute Gasteiger partial charge is 0.301 e. The van der Waals surface area contributed by atoms with Crippen LogP contribution in [0.5, 0.6) is 0 Å². The van der Waals surface area contributed by atoms with Gasteiger partial charge in [-0.25, -0.2) is 8.42 Å². The van der Waals surface area contributed by atoms with Gasteiger partial charge in [-0.05, 0) is 18.8 Å². The second-order valence-corrected chi connectivity index (χ2v) is 8.42. The number of hydrogen-bond donors (Lipinski definition) is 0. The minimum atomic E-state index is -2.72. The third kappa shape index (κ3) is 3.93. The summed E-state index contributed by atoms with van der Waals surface area (Å²) < 4.78 is 22.9. The summed E-state index contributed by atoms with van der Waals surface area (Å²) in [4.78, 5) is 5.03. The van der Waals surface area contributed by atoms with E-state index < -0.39 is 9.84 Å². The van der Waals surface area contributed by atoms with Crippen molar-refractivity contribution in [1.82, 2.24) is 9.80 Å². The standard InChI is InChI=1S/C13H26N2O2S/c1-12(2)11-14-5-7-15(8-6-14)13-3-9-18(16,17)10-4-13/h12-13H,3-11H2,1-2H3. The number of nitrogens with zero attached hydrogens (tertiary/aromatic N) is 2. The van der Waals surface area contributed by atoms with Crippen molar-refractivity contribution in [2.24, 2.45) is 5.92 Å². The molecule has 4 nitrogen and oxygen atoms in total. The van der Waals surface area contributed by atoms with E-state index in [1.165, 1.54) is 6.54 Å². The zero-order valence-electron chi connectivity index (χ0n) is 11.6. The molecule has 0 aromatic rings. The first-order chi connectivity index (χ1) is 8.46. The first-order valence-electron chi connectivity index (χ1n) is 7.13. The second kappa shape index (κ2) is 5.88. The molecule has 2 fully saturated rings. The Morgan fingerprint density at radius 1 is 1.06 bits per heavy atom. The molecule has 2 saturated heterocycles. The zero-order valence-corrected chi connectivity index (χ0v) is 12.5. The van der Waals surface area contributed by atoms with E-state index in [9.17, 15) is 8.42 Å². The van der Waals surface area contributed by atoms with Crippen molar-refractivity contribution in [3.8, 4) is 0 Å². The lowest BCUT2D eigenvalue weighted by atomic mass is 10.1. The Hall–Kier alpha value is -0.130. The highest BCUT2D eigenvalue weighted by Crippen LogP contribution is 2.19. The monoisotopic (exact) mass is 274 g/mol. The van der Waals surface area contributed by atoms with Crippen molar-refractivity contribution in [1.29, 1.82) is 0 Å². The molecule has 0 aliphatic carbocycles. The van der Waals surface area contributed by atoms with Crippen LogP contribution in [0, 0.1) is 5.92 Å². The van der Waals surface area contributed by atoms with Gasteiger partial charge in [0.2, 0.25) is 0 Å². The van der Waals surface area contributed by atoms with E-state index in [0.29, 0.717) is 17.5 Å². The third-order valence-electron chi connectivity index (χ3n) is 4.07. The van der Waals surface area contributed by atoms with E-state index >= 15 is 0 Å². The highest BCUT2D eigenvalue weighted by molar-refractivity contribution is 7.91. The Kier molecular flexibility index (Phi) is 4.67. The average Bonchev–Trinajstić information content (AvgIpc) is 2.30. The first kappa shape index (κ1) is 14.3. The van der Waals surface area contributed by atoms with Crippen LogP contribution in [0.4, 0.5) is 0 Å². The maximum absolute atomic E-state index is 11.4. The summed E-state index contributed by atoms with van der Waals surface area (Å²) in [5.41, 5.74) is 0. The summed E-state index contributed by atoms with van der Waals surface area (Å²) in [7, 11) is -2.72. The molecule has 106 valence electrons. The summed E-state index contributed by atoms with van der Waals surface area (Å²) in [6.07, 6.45) is 1.68. The van der Waals surface area contributed by atoms with Crippen LogP contribution >= 0.6 is 0 Å². The van der Waals surface area contributed by atoms with Gasteiger partial charge in [0.25, 0.3) is 0 Å². The van der Waals surface area contributed by atoms with Gasteiger partial charge in [-0.15, -0.1) is 0 Å². The summed E-state index contributed by atoms with van der Waals surface area (Å²) in [5, 5.41) is 0.